The van der Waals surface area contributed by atoms with Crippen LogP contribution in [0.3, 0.4) is 0 Å². The monoisotopic (exact) mass is 154 g/mol. The van der Waals surface area contributed by atoms with Gasteiger partial charge in [0.25, 0.3) is 0 Å². The molecule has 0 amide bonds. The quantitative estimate of drug-likeness (QED) is 0.644. The van der Waals surface area contributed by atoms with Crippen LogP contribution in [0.2, 0.25) is 0 Å². The maximum absolute atomic E-state index is 3.98. The molecule has 0 aromatic rings. The Morgan fingerprint density at radius 1 is 1.55 bits per heavy atom. The van der Waals surface area contributed by atoms with Gasteiger partial charge in [0, 0.05) is 19.0 Å². The smallest absolute Gasteiger partial charge is 0.0227 e. The molecule has 1 N–H and O–H groups in total. The lowest BCUT2D eigenvalue weighted by molar-refractivity contribution is 0.617. The number of hydrogen-bond acceptors (Lipinski definition) is 2. The Morgan fingerprint density at radius 2 is 2.27 bits per heavy atom. The molecule has 0 bridgehead atoms. The van der Waals surface area contributed by atoms with Gasteiger partial charge in [0.15, 0.2) is 0 Å². The predicted octanol–water partition coefficient (Wildman–Crippen LogP) is 1.84. The molecule has 0 aromatic heterocycles. The van der Waals surface area contributed by atoms with Crippen LogP contribution < -0.4 is 5.32 Å². The van der Waals surface area contributed by atoms with E-state index in [0.29, 0.717) is 5.92 Å². The molecular weight excluding hydrogens is 136 g/mol. The Morgan fingerprint density at radius 3 is 2.73 bits per heavy atom. The van der Waals surface area contributed by atoms with Crippen molar-refractivity contribution in [2.75, 3.05) is 13.6 Å². The molecule has 1 rings (SSSR count). The highest BCUT2D eigenvalue weighted by Crippen LogP contribution is 2.05. The highest BCUT2D eigenvalue weighted by atomic mass is 14.8. The van der Waals surface area contributed by atoms with Crippen LogP contribution in [0.15, 0.2) is 17.3 Å². The molecule has 2 nitrogen and oxygen atoms in total. The van der Waals surface area contributed by atoms with Crippen molar-refractivity contribution in [1.82, 2.24) is 5.32 Å². The van der Waals surface area contributed by atoms with E-state index in [4.69, 9.17) is 0 Å². The average molecular weight is 154 g/mol. The van der Waals surface area contributed by atoms with Crippen molar-refractivity contribution in [2.24, 2.45) is 10.9 Å². The largest absolute Gasteiger partial charge is 0.319 e. The van der Waals surface area contributed by atoms with Gasteiger partial charge in [-0.3, -0.25) is 4.99 Å². The second kappa shape index (κ2) is 7.48. The van der Waals surface area contributed by atoms with E-state index in [1.54, 1.807) is 0 Å². The van der Waals surface area contributed by atoms with Crippen LogP contribution in [0.25, 0.3) is 0 Å². The average Bonchev–Trinajstić information content (AvgIpc) is 2.11. The van der Waals surface area contributed by atoms with Crippen LogP contribution >= 0.6 is 0 Å². The molecule has 2 heteroatoms. The van der Waals surface area contributed by atoms with Crippen LogP contribution in [-0.4, -0.2) is 19.8 Å². The summed E-state index contributed by atoms with van der Waals surface area (Å²) >= 11 is 0. The van der Waals surface area contributed by atoms with Gasteiger partial charge in [-0.25, -0.2) is 0 Å². The molecule has 64 valence electrons. The van der Waals surface area contributed by atoms with Gasteiger partial charge < -0.3 is 5.32 Å². The van der Waals surface area contributed by atoms with E-state index in [9.17, 15) is 0 Å². The summed E-state index contributed by atoms with van der Waals surface area (Å²) in [6, 6.07) is 0. The summed E-state index contributed by atoms with van der Waals surface area (Å²) in [5.41, 5.74) is 0. The van der Waals surface area contributed by atoms with E-state index in [1.807, 2.05) is 33.3 Å². The van der Waals surface area contributed by atoms with Crippen molar-refractivity contribution in [2.45, 2.75) is 20.3 Å². The summed E-state index contributed by atoms with van der Waals surface area (Å²) < 4.78 is 0. The minimum absolute atomic E-state index is 0.660. The van der Waals surface area contributed by atoms with Gasteiger partial charge in [-0.05, 0) is 19.4 Å². The molecule has 0 radical (unpaired) electrons. The van der Waals surface area contributed by atoms with E-state index in [2.05, 4.69) is 16.4 Å². The number of nitrogens with one attached hydrogen (secondary N) is 1. The van der Waals surface area contributed by atoms with Gasteiger partial charge in [-0.1, -0.05) is 19.9 Å². The molecule has 11 heavy (non-hydrogen) atoms. The van der Waals surface area contributed by atoms with Gasteiger partial charge >= 0.3 is 0 Å². The van der Waals surface area contributed by atoms with Gasteiger partial charge in [0.2, 0.25) is 0 Å². The van der Waals surface area contributed by atoms with E-state index >= 15 is 0 Å². The second-order valence-corrected chi connectivity index (χ2v) is 2.23. The van der Waals surface area contributed by atoms with Gasteiger partial charge in [-0.15, -0.1) is 0 Å². The molecule has 1 heterocycles. The number of hydrogen-bond donors (Lipinski definition) is 1. The zero-order chi connectivity index (χ0) is 8.53. The first-order valence-electron chi connectivity index (χ1n) is 4.26. The summed E-state index contributed by atoms with van der Waals surface area (Å²) in [6.45, 7) is 5.06. The lowest BCUT2D eigenvalue weighted by Gasteiger charge is -2.09. The summed E-state index contributed by atoms with van der Waals surface area (Å²) in [6.07, 6.45) is 7.04. The van der Waals surface area contributed by atoms with Crippen LogP contribution in [0.5, 0.6) is 0 Å². The summed E-state index contributed by atoms with van der Waals surface area (Å²) in [5.74, 6) is 0.660. The highest BCUT2D eigenvalue weighted by molar-refractivity contribution is 5.60. The maximum Gasteiger partial charge on any atom is 0.0227 e. The molecule has 1 unspecified atom stereocenters. The van der Waals surface area contributed by atoms with E-state index < -0.39 is 0 Å². The van der Waals surface area contributed by atoms with E-state index in [0.717, 1.165) is 13.0 Å². The highest BCUT2D eigenvalue weighted by Gasteiger charge is 2.02. The van der Waals surface area contributed by atoms with E-state index in [-0.39, 0.29) is 0 Å². The molecule has 0 spiro atoms. The SMILES string of the molecule is CC.CNCC1C=CN=CC1. The first-order valence-corrected chi connectivity index (χ1v) is 4.26. The van der Waals surface area contributed by atoms with Gasteiger partial charge in [0.1, 0.15) is 0 Å². The zero-order valence-electron chi connectivity index (χ0n) is 7.67. The fourth-order valence-corrected chi connectivity index (χ4v) is 0.921. The standard InChI is InChI=1S/C7H12N2.C2H6/c1-8-6-7-2-4-9-5-3-7;1-2/h2,4-5,7-8H,3,6H2,1H3;1-2H3. The minimum atomic E-state index is 0.660. The van der Waals surface area contributed by atoms with Crippen molar-refractivity contribution in [1.29, 1.82) is 0 Å². The molecule has 0 saturated heterocycles. The molecule has 0 aliphatic carbocycles. The van der Waals surface area contributed by atoms with E-state index in [1.165, 1.54) is 0 Å². The fourth-order valence-electron chi connectivity index (χ4n) is 0.921. The molecular formula is C9H18N2. The van der Waals surface area contributed by atoms with Crippen LogP contribution in [0.4, 0.5) is 0 Å². The lowest BCUT2D eigenvalue weighted by Crippen LogP contribution is -2.18. The number of rotatable bonds is 2. The Kier molecular flexibility index (Phi) is 7.05. The molecule has 0 saturated carbocycles. The van der Waals surface area contributed by atoms with Crippen LogP contribution in [-0.2, 0) is 0 Å². The van der Waals surface area contributed by atoms with Crippen molar-refractivity contribution < 1.29 is 0 Å². The molecule has 1 aliphatic rings. The summed E-state index contributed by atoms with van der Waals surface area (Å²) in [4.78, 5) is 3.98. The van der Waals surface area contributed by atoms with Crippen molar-refractivity contribution in [3.8, 4) is 0 Å². The van der Waals surface area contributed by atoms with Gasteiger partial charge in [-0.2, -0.15) is 0 Å². The molecule has 1 atom stereocenters. The molecule has 0 aromatic carbocycles. The van der Waals surface area contributed by atoms with Crippen molar-refractivity contribution >= 4 is 6.21 Å². The first-order chi connectivity index (χ1) is 5.43. The summed E-state index contributed by atoms with van der Waals surface area (Å²) in [5, 5.41) is 3.12. The molecule has 1 aliphatic heterocycles. The fraction of sp³-hybridized carbons (Fsp3) is 0.667. The number of nitrogens with zero attached hydrogens (tertiary/aromatic N) is 1. The van der Waals surface area contributed by atoms with Crippen molar-refractivity contribution in [3.05, 3.63) is 12.3 Å². The maximum atomic E-state index is 3.98. The third-order valence-corrected chi connectivity index (χ3v) is 1.42. The van der Waals surface area contributed by atoms with Gasteiger partial charge in [0.05, 0.1) is 0 Å². The third kappa shape index (κ3) is 4.73. The number of aliphatic imine (C=N–C) groups is 1. The van der Waals surface area contributed by atoms with Crippen molar-refractivity contribution in [3.63, 3.8) is 0 Å². The Hall–Kier alpha value is -0.630. The minimum Gasteiger partial charge on any atom is -0.319 e. The molecule has 0 fully saturated rings. The first kappa shape index (κ1) is 10.4. The lowest BCUT2D eigenvalue weighted by atomic mass is 10.1. The Labute approximate surface area is 69.4 Å². The Balaban J connectivity index is 0.000000461. The third-order valence-electron chi connectivity index (χ3n) is 1.42. The zero-order valence-corrected chi connectivity index (χ0v) is 7.67. The normalized spacial score (nSPS) is 20.8. The second-order valence-electron chi connectivity index (χ2n) is 2.23. The summed E-state index contributed by atoms with van der Waals surface area (Å²) in [7, 11) is 1.97. The predicted molar refractivity (Wildman–Crippen MR) is 51.0 cm³/mol. The van der Waals surface area contributed by atoms with Crippen LogP contribution in [0.1, 0.15) is 20.3 Å². The van der Waals surface area contributed by atoms with Crippen LogP contribution in [0, 0.1) is 5.92 Å². The topological polar surface area (TPSA) is 24.4 Å². The Bertz CT molecular complexity index is 128.